The van der Waals surface area contributed by atoms with Crippen molar-refractivity contribution in [3.63, 3.8) is 0 Å². The van der Waals surface area contributed by atoms with Crippen molar-refractivity contribution in [1.82, 2.24) is 4.72 Å². The third kappa shape index (κ3) is 4.21. The second kappa shape index (κ2) is 5.17. The number of carbonyl (C=O) groups is 1. The molecule has 1 aromatic carbocycles. The van der Waals surface area contributed by atoms with Gasteiger partial charge in [0.15, 0.2) is 5.78 Å². The Labute approximate surface area is 107 Å². The number of rotatable bonds is 5. The van der Waals surface area contributed by atoms with Crippen LogP contribution in [-0.4, -0.2) is 26.3 Å². The van der Waals surface area contributed by atoms with Crippen molar-refractivity contribution < 1.29 is 13.2 Å². The second-order valence-electron chi connectivity index (χ2n) is 4.90. The Bertz CT molecular complexity index is 545. The number of sulfonamides is 1. The molecule has 6 heteroatoms. The summed E-state index contributed by atoms with van der Waals surface area (Å²) < 4.78 is 26.4. The molecule has 0 aromatic heterocycles. The van der Waals surface area contributed by atoms with E-state index in [0.717, 1.165) is 0 Å². The fraction of sp³-hybridized carbons (Fsp3) is 0.417. The molecule has 0 saturated carbocycles. The third-order valence-corrected chi connectivity index (χ3v) is 3.67. The lowest BCUT2D eigenvalue weighted by atomic mass is 10.1. The summed E-state index contributed by atoms with van der Waals surface area (Å²) in [6.45, 7) is 4.96. The molecule has 0 heterocycles. The molecule has 0 atom stereocenters. The molecule has 18 heavy (non-hydrogen) atoms. The molecular weight excluding hydrogens is 252 g/mol. The van der Waals surface area contributed by atoms with Gasteiger partial charge < -0.3 is 5.73 Å². The number of nitrogens with one attached hydrogen (secondary N) is 1. The maximum absolute atomic E-state index is 12.0. The van der Waals surface area contributed by atoms with Crippen molar-refractivity contribution in [2.24, 2.45) is 5.73 Å². The van der Waals surface area contributed by atoms with Crippen molar-refractivity contribution in [1.29, 1.82) is 0 Å². The molecule has 3 N–H and O–H groups in total. The summed E-state index contributed by atoms with van der Waals surface area (Å²) in [4.78, 5) is 11.3. The van der Waals surface area contributed by atoms with Crippen LogP contribution in [0.2, 0.25) is 0 Å². The highest BCUT2D eigenvalue weighted by molar-refractivity contribution is 7.89. The van der Waals surface area contributed by atoms with Crippen molar-refractivity contribution in [2.75, 3.05) is 6.54 Å². The molecule has 0 aliphatic rings. The number of nitrogens with two attached hydrogens (primary N) is 1. The van der Waals surface area contributed by atoms with Crippen LogP contribution in [0.3, 0.4) is 0 Å². The molecule has 0 amide bonds. The van der Waals surface area contributed by atoms with Gasteiger partial charge in [-0.05, 0) is 32.9 Å². The lowest BCUT2D eigenvalue weighted by Gasteiger charge is -2.19. The fourth-order valence-electron chi connectivity index (χ4n) is 1.25. The first kappa shape index (κ1) is 14.8. The van der Waals surface area contributed by atoms with E-state index in [-0.39, 0.29) is 17.2 Å². The highest BCUT2D eigenvalue weighted by Crippen LogP contribution is 2.12. The van der Waals surface area contributed by atoms with Gasteiger partial charge in [0, 0.05) is 17.6 Å². The third-order valence-electron chi connectivity index (χ3n) is 2.27. The summed E-state index contributed by atoms with van der Waals surface area (Å²) in [5.74, 6) is -0.175. The number of hydrogen-bond acceptors (Lipinski definition) is 4. The SMILES string of the molecule is CC(=O)c1cccc(S(=O)(=O)NCC(C)(C)N)c1. The van der Waals surface area contributed by atoms with Crippen LogP contribution in [0.1, 0.15) is 31.1 Å². The number of Topliss-reactive ketones (excluding diaryl/α,β-unsaturated/α-hetero) is 1. The van der Waals surface area contributed by atoms with Crippen molar-refractivity contribution >= 4 is 15.8 Å². The normalized spacial score (nSPS) is 12.4. The van der Waals surface area contributed by atoms with Crippen LogP contribution in [0.5, 0.6) is 0 Å². The average molecular weight is 270 g/mol. The zero-order chi connectivity index (χ0) is 14.0. The van der Waals surface area contributed by atoms with E-state index in [2.05, 4.69) is 4.72 Å². The number of carbonyl (C=O) groups excluding carboxylic acids is 1. The topological polar surface area (TPSA) is 89.3 Å². The number of hydrogen-bond donors (Lipinski definition) is 2. The molecule has 0 bridgehead atoms. The van der Waals surface area contributed by atoms with E-state index >= 15 is 0 Å². The highest BCUT2D eigenvalue weighted by Gasteiger charge is 2.19. The maximum Gasteiger partial charge on any atom is 0.240 e. The Morgan fingerprint density at radius 1 is 1.39 bits per heavy atom. The monoisotopic (exact) mass is 270 g/mol. The Balaban J connectivity index is 2.99. The number of ketones is 1. The minimum atomic E-state index is -3.63. The summed E-state index contributed by atoms with van der Waals surface area (Å²) in [5, 5.41) is 0. The van der Waals surface area contributed by atoms with Gasteiger partial charge in [0.25, 0.3) is 0 Å². The lowest BCUT2D eigenvalue weighted by Crippen LogP contribution is -2.45. The first-order valence-electron chi connectivity index (χ1n) is 5.51. The van der Waals surface area contributed by atoms with E-state index in [1.807, 2.05) is 0 Å². The quantitative estimate of drug-likeness (QED) is 0.778. The lowest BCUT2D eigenvalue weighted by molar-refractivity contribution is 0.101. The van der Waals surface area contributed by atoms with E-state index in [4.69, 9.17) is 5.73 Å². The molecular formula is C12H18N2O3S. The van der Waals surface area contributed by atoms with E-state index in [9.17, 15) is 13.2 Å². The summed E-state index contributed by atoms with van der Waals surface area (Å²) in [7, 11) is -3.63. The highest BCUT2D eigenvalue weighted by atomic mass is 32.2. The molecule has 0 aliphatic heterocycles. The first-order chi connectivity index (χ1) is 8.12. The smallest absolute Gasteiger partial charge is 0.240 e. The zero-order valence-electron chi connectivity index (χ0n) is 10.7. The fourth-order valence-corrected chi connectivity index (χ4v) is 2.52. The van der Waals surface area contributed by atoms with E-state index in [1.54, 1.807) is 26.0 Å². The van der Waals surface area contributed by atoms with Crippen molar-refractivity contribution in [3.8, 4) is 0 Å². The molecule has 0 fully saturated rings. The summed E-state index contributed by atoms with van der Waals surface area (Å²) in [5.41, 5.74) is 5.45. The second-order valence-corrected chi connectivity index (χ2v) is 6.66. The minimum absolute atomic E-state index is 0.0689. The summed E-state index contributed by atoms with van der Waals surface area (Å²) in [6.07, 6.45) is 0. The molecule has 0 unspecified atom stereocenters. The van der Waals surface area contributed by atoms with Crippen LogP contribution in [0.4, 0.5) is 0 Å². The van der Waals surface area contributed by atoms with Gasteiger partial charge in [-0.15, -0.1) is 0 Å². The van der Waals surface area contributed by atoms with Crippen LogP contribution in [0.15, 0.2) is 29.2 Å². The van der Waals surface area contributed by atoms with Gasteiger partial charge in [-0.1, -0.05) is 12.1 Å². The molecule has 5 nitrogen and oxygen atoms in total. The molecule has 0 radical (unpaired) electrons. The molecule has 0 aliphatic carbocycles. The van der Waals surface area contributed by atoms with Crippen LogP contribution in [-0.2, 0) is 10.0 Å². The average Bonchev–Trinajstić information content (AvgIpc) is 2.26. The predicted molar refractivity (Wildman–Crippen MR) is 69.9 cm³/mol. The van der Waals surface area contributed by atoms with Gasteiger partial charge in [-0.3, -0.25) is 4.79 Å². The van der Waals surface area contributed by atoms with Crippen molar-refractivity contribution in [2.45, 2.75) is 31.2 Å². The van der Waals surface area contributed by atoms with Gasteiger partial charge in [0.05, 0.1) is 4.90 Å². The largest absolute Gasteiger partial charge is 0.324 e. The number of benzene rings is 1. The van der Waals surface area contributed by atoms with E-state index < -0.39 is 15.6 Å². The molecule has 100 valence electrons. The standard InChI is InChI=1S/C12H18N2O3S/c1-9(15)10-5-4-6-11(7-10)18(16,17)14-8-12(2,3)13/h4-7,14H,8,13H2,1-3H3. The van der Waals surface area contributed by atoms with Crippen LogP contribution >= 0.6 is 0 Å². The van der Waals surface area contributed by atoms with Crippen LogP contribution in [0, 0.1) is 0 Å². The Morgan fingerprint density at radius 2 is 2.00 bits per heavy atom. The van der Waals surface area contributed by atoms with Gasteiger partial charge in [-0.25, -0.2) is 13.1 Å². The van der Waals surface area contributed by atoms with Crippen LogP contribution < -0.4 is 10.5 Å². The van der Waals surface area contributed by atoms with Gasteiger partial charge in [-0.2, -0.15) is 0 Å². The predicted octanol–water partition coefficient (Wildman–Crippen LogP) is 0.905. The minimum Gasteiger partial charge on any atom is -0.324 e. The molecule has 1 aromatic rings. The van der Waals surface area contributed by atoms with Crippen molar-refractivity contribution in [3.05, 3.63) is 29.8 Å². The summed E-state index contributed by atoms with van der Waals surface area (Å²) >= 11 is 0. The van der Waals surface area contributed by atoms with Gasteiger partial charge in [0.2, 0.25) is 10.0 Å². The van der Waals surface area contributed by atoms with E-state index in [0.29, 0.717) is 5.56 Å². The molecule has 0 spiro atoms. The first-order valence-corrected chi connectivity index (χ1v) is 7.00. The van der Waals surface area contributed by atoms with Gasteiger partial charge in [0.1, 0.15) is 0 Å². The van der Waals surface area contributed by atoms with Crippen LogP contribution in [0.25, 0.3) is 0 Å². The van der Waals surface area contributed by atoms with Gasteiger partial charge >= 0.3 is 0 Å². The Morgan fingerprint density at radius 3 is 2.50 bits per heavy atom. The summed E-state index contributed by atoms with van der Waals surface area (Å²) in [6, 6.07) is 5.92. The van der Waals surface area contributed by atoms with E-state index in [1.165, 1.54) is 19.1 Å². The maximum atomic E-state index is 12.0. The zero-order valence-corrected chi connectivity index (χ0v) is 11.5. The Kier molecular flexibility index (Phi) is 4.26. The molecule has 0 saturated heterocycles. The Hall–Kier alpha value is -1.24. The molecule has 1 rings (SSSR count).